The third kappa shape index (κ3) is 5.44. The number of hydrogen-bond donors (Lipinski definition) is 1. The van der Waals surface area contributed by atoms with Gasteiger partial charge in [0, 0.05) is 22.9 Å². The van der Waals surface area contributed by atoms with E-state index >= 15 is 0 Å². The van der Waals surface area contributed by atoms with E-state index in [1.54, 1.807) is 20.4 Å². The number of anilines is 1. The summed E-state index contributed by atoms with van der Waals surface area (Å²) in [4.78, 5) is 4.28. The SMILES string of the molecule is CCOc1cc(-c2c(-c3ccc(C)cc3)cnc(N)c2C#N)ccc1OCc1cc(OC)ccc1OC. The van der Waals surface area contributed by atoms with Crippen molar-refractivity contribution in [3.05, 3.63) is 83.6 Å². The quantitative estimate of drug-likeness (QED) is 0.296. The van der Waals surface area contributed by atoms with Crippen molar-refractivity contribution in [3.63, 3.8) is 0 Å². The molecule has 37 heavy (non-hydrogen) atoms. The number of hydrogen-bond acceptors (Lipinski definition) is 7. The van der Waals surface area contributed by atoms with Gasteiger partial charge in [-0.05, 0) is 55.3 Å². The van der Waals surface area contributed by atoms with Crippen LogP contribution in [0.3, 0.4) is 0 Å². The number of nitriles is 1. The second kappa shape index (κ2) is 11.4. The lowest BCUT2D eigenvalue weighted by Gasteiger charge is -2.17. The number of nitrogen functional groups attached to an aromatic ring is 1. The largest absolute Gasteiger partial charge is 0.497 e. The number of methoxy groups -OCH3 is 2. The summed E-state index contributed by atoms with van der Waals surface area (Å²) in [5.74, 6) is 2.70. The number of aryl methyl sites for hydroxylation is 1. The third-order valence-electron chi connectivity index (χ3n) is 5.99. The summed E-state index contributed by atoms with van der Waals surface area (Å²) in [6.07, 6.45) is 1.70. The van der Waals surface area contributed by atoms with E-state index in [-0.39, 0.29) is 12.4 Å². The first kappa shape index (κ1) is 25.4. The zero-order chi connectivity index (χ0) is 26.4. The molecule has 3 aromatic carbocycles. The van der Waals surface area contributed by atoms with E-state index < -0.39 is 0 Å². The van der Waals surface area contributed by atoms with E-state index in [1.165, 1.54) is 0 Å². The maximum atomic E-state index is 9.96. The monoisotopic (exact) mass is 495 g/mol. The van der Waals surface area contributed by atoms with E-state index in [0.717, 1.165) is 27.8 Å². The van der Waals surface area contributed by atoms with Crippen LogP contribution in [0, 0.1) is 18.3 Å². The molecule has 7 nitrogen and oxygen atoms in total. The Bertz CT molecular complexity index is 1440. The number of pyridine rings is 1. The Morgan fingerprint density at radius 1 is 0.865 bits per heavy atom. The van der Waals surface area contributed by atoms with Gasteiger partial charge in [-0.15, -0.1) is 0 Å². The van der Waals surface area contributed by atoms with E-state index in [9.17, 15) is 5.26 Å². The molecule has 2 N–H and O–H groups in total. The summed E-state index contributed by atoms with van der Waals surface area (Å²) in [5.41, 5.74) is 11.6. The zero-order valence-corrected chi connectivity index (χ0v) is 21.4. The minimum Gasteiger partial charge on any atom is -0.497 e. The Morgan fingerprint density at radius 3 is 2.27 bits per heavy atom. The molecule has 1 aromatic heterocycles. The molecule has 0 fully saturated rings. The highest BCUT2D eigenvalue weighted by atomic mass is 16.5. The van der Waals surface area contributed by atoms with Crippen LogP contribution in [0.25, 0.3) is 22.3 Å². The molecule has 1 heterocycles. The molecule has 0 aliphatic rings. The lowest BCUT2D eigenvalue weighted by atomic mass is 9.92. The van der Waals surface area contributed by atoms with Crippen molar-refractivity contribution in [2.24, 2.45) is 0 Å². The third-order valence-corrected chi connectivity index (χ3v) is 5.99. The number of nitrogens with two attached hydrogens (primary N) is 1. The van der Waals surface area contributed by atoms with Gasteiger partial charge in [0.2, 0.25) is 0 Å². The van der Waals surface area contributed by atoms with Crippen LogP contribution in [0.5, 0.6) is 23.0 Å². The molecule has 4 aromatic rings. The molecule has 7 heteroatoms. The number of aromatic nitrogens is 1. The molecular weight excluding hydrogens is 466 g/mol. The van der Waals surface area contributed by atoms with Crippen LogP contribution in [0.2, 0.25) is 0 Å². The van der Waals surface area contributed by atoms with Crippen molar-refractivity contribution in [1.82, 2.24) is 4.98 Å². The molecule has 0 bridgehead atoms. The van der Waals surface area contributed by atoms with Crippen LogP contribution >= 0.6 is 0 Å². The lowest BCUT2D eigenvalue weighted by molar-refractivity contribution is 0.264. The van der Waals surface area contributed by atoms with E-state index in [2.05, 4.69) is 11.1 Å². The summed E-state index contributed by atoms with van der Waals surface area (Å²) in [5, 5.41) is 9.96. The molecule has 0 saturated carbocycles. The molecule has 0 amide bonds. The van der Waals surface area contributed by atoms with Gasteiger partial charge in [-0.25, -0.2) is 4.98 Å². The average molecular weight is 496 g/mol. The van der Waals surface area contributed by atoms with Gasteiger partial charge < -0.3 is 24.7 Å². The predicted molar refractivity (Wildman–Crippen MR) is 144 cm³/mol. The molecule has 0 aliphatic heterocycles. The van der Waals surface area contributed by atoms with Gasteiger partial charge in [-0.2, -0.15) is 5.26 Å². The highest BCUT2D eigenvalue weighted by molar-refractivity contribution is 5.90. The second-order valence-electron chi connectivity index (χ2n) is 8.35. The van der Waals surface area contributed by atoms with Crippen LogP contribution in [0.15, 0.2) is 66.9 Å². The molecule has 4 rings (SSSR count). The predicted octanol–water partition coefficient (Wildman–Crippen LogP) is 6.17. The summed E-state index contributed by atoms with van der Waals surface area (Å²) in [6.45, 7) is 4.63. The summed E-state index contributed by atoms with van der Waals surface area (Å²) < 4.78 is 22.9. The Hall–Kier alpha value is -4.70. The Labute approximate surface area is 217 Å². The average Bonchev–Trinajstić information content (AvgIpc) is 2.92. The maximum absolute atomic E-state index is 9.96. The molecule has 0 atom stereocenters. The Balaban J connectivity index is 1.76. The van der Waals surface area contributed by atoms with Crippen LogP contribution in [-0.4, -0.2) is 25.8 Å². The van der Waals surface area contributed by atoms with Crippen molar-refractivity contribution in [1.29, 1.82) is 5.26 Å². The van der Waals surface area contributed by atoms with Gasteiger partial charge in [0.25, 0.3) is 0 Å². The van der Waals surface area contributed by atoms with Crippen molar-refractivity contribution in [2.45, 2.75) is 20.5 Å². The fourth-order valence-electron chi connectivity index (χ4n) is 4.09. The molecule has 0 spiro atoms. The first-order valence-electron chi connectivity index (χ1n) is 11.9. The number of benzene rings is 3. The Kier molecular flexibility index (Phi) is 7.80. The van der Waals surface area contributed by atoms with Gasteiger partial charge in [0.05, 0.1) is 20.8 Å². The molecule has 0 radical (unpaired) electrons. The first-order valence-corrected chi connectivity index (χ1v) is 11.9. The van der Waals surface area contributed by atoms with Crippen LogP contribution in [0.1, 0.15) is 23.6 Å². The normalized spacial score (nSPS) is 10.5. The van der Waals surface area contributed by atoms with Crippen molar-refractivity contribution >= 4 is 5.82 Å². The van der Waals surface area contributed by atoms with Crippen LogP contribution < -0.4 is 24.7 Å². The number of rotatable bonds is 9. The highest BCUT2D eigenvalue weighted by Crippen LogP contribution is 2.40. The molecule has 0 saturated heterocycles. The van der Waals surface area contributed by atoms with Gasteiger partial charge in [0.15, 0.2) is 11.5 Å². The summed E-state index contributed by atoms with van der Waals surface area (Å²) >= 11 is 0. The highest BCUT2D eigenvalue weighted by Gasteiger charge is 2.19. The minimum atomic E-state index is 0.178. The summed E-state index contributed by atoms with van der Waals surface area (Å²) in [6, 6.07) is 21.5. The standard InChI is InChI=1S/C30H29N3O4/c1-5-36-28-15-21(10-12-27(28)37-18-22-14-23(34-3)11-13-26(22)35-4)29-24(16-31)30(32)33-17-25(29)20-8-6-19(2)7-9-20/h6-15,17H,5,18H2,1-4H3,(H2,32,33). The van der Waals surface area contributed by atoms with Crippen LogP contribution in [0.4, 0.5) is 5.82 Å². The molecule has 188 valence electrons. The second-order valence-corrected chi connectivity index (χ2v) is 8.35. The van der Waals surface area contributed by atoms with Crippen molar-refractivity contribution < 1.29 is 18.9 Å². The fourth-order valence-corrected chi connectivity index (χ4v) is 4.09. The maximum Gasteiger partial charge on any atom is 0.161 e. The van der Waals surface area contributed by atoms with Crippen molar-refractivity contribution in [3.8, 4) is 51.3 Å². The first-order chi connectivity index (χ1) is 18.0. The summed E-state index contributed by atoms with van der Waals surface area (Å²) in [7, 11) is 3.23. The van der Waals surface area contributed by atoms with E-state index in [4.69, 9.17) is 24.7 Å². The van der Waals surface area contributed by atoms with E-state index in [1.807, 2.05) is 74.5 Å². The molecule has 0 unspecified atom stereocenters. The number of nitrogens with zero attached hydrogens (tertiary/aromatic N) is 2. The minimum absolute atomic E-state index is 0.178. The zero-order valence-electron chi connectivity index (χ0n) is 21.4. The van der Waals surface area contributed by atoms with Gasteiger partial charge in [-0.1, -0.05) is 35.9 Å². The molecule has 0 aliphatic carbocycles. The van der Waals surface area contributed by atoms with Gasteiger partial charge >= 0.3 is 0 Å². The van der Waals surface area contributed by atoms with Gasteiger partial charge in [-0.3, -0.25) is 0 Å². The lowest BCUT2D eigenvalue weighted by Crippen LogP contribution is -2.03. The van der Waals surface area contributed by atoms with Gasteiger partial charge in [0.1, 0.15) is 35.6 Å². The molecular formula is C30H29N3O4. The van der Waals surface area contributed by atoms with E-state index in [0.29, 0.717) is 40.7 Å². The smallest absolute Gasteiger partial charge is 0.161 e. The fraction of sp³-hybridized carbons (Fsp3) is 0.200. The van der Waals surface area contributed by atoms with Crippen LogP contribution in [-0.2, 0) is 6.61 Å². The Morgan fingerprint density at radius 2 is 1.59 bits per heavy atom. The topological polar surface area (TPSA) is 99.6 Å². The van der Waals surface area contributed by atoms with Crippen molar-refractivity contribution in [2.75, 3.05) is 26.6 Å². The number of ether oxygens (including phenoxy) is 4.